The highest BCUT2D eigenvalue weighted by Gasteiger charge is 2.15. The fraction of sp³-hybridized carbons (Fsp3) is 0.571. The molecule has 6 heteroatoms. The summed E-state index contributed by atoms with van der Waals surface area (Å²) >= 11 is 0. The fourth-order valence-electron chi connectivity index (χ4n) is 2.01. The van der Waals surface area contributed by atoms with Crippen molar-refractivity contribution in [3.8, 4) is 0 Å². The molecular formula is C14H21N3O3. The van der Waals surface area contributed by atoms with E-state index in [1.165, 1.54) is 18.7 Å². The minimum atomic E-state index is -0.777. The molecule has 0 aromatic carbocycles. The number of carbonyl (C=O) groups excluding carboxylic acids is 1. The molecule has 20 heavy (non-hydrogen) atoms. The van der Waals surface area contributed by atoms with Gasteiger partial charge in [0.1, 0.15) is 6.33 Å². The topological polar surface area (TPSA) is 92.2 Å². The van der Waals surface area contributed by atoms with Crippen LogP contribution in [0.1, 0.15) is 43.5 Å². The van der Waals surface area contributed by atoms with Gasteiger partial charge in [-0.2, -0.15) is 0 Å². The Morgan fingerprint density at radius 1 is 1.25 bits per heavy atom. The third-order valence-corrected chi connectivity index (χ3v) is 3.30. The molecule has 110 valence electrons. The molecule has 1 unspecified atom stereocenters. The average Bonchev–Trinajstić information content (AvgIpc) is 2.42. The van der Waals surface area contributed by atoms with Crippen molar-refractivity contribution in [2.45, 2.75) is 33.1 Å². The number of carbonyl (C=O) groups is 2. The SMILES string of the molecule is CC(C)C(CCNC(=O)c1cncnc1)CCC(=O)O. The van der Waals surface area contributed by atoms with Crippen molar-refractivity contribution in [3.05, 3.63) is 24.3 Å². The number of aromatic nitrogens is 2. The highest BCUT2D eigenvalue weighted by molar-refractivity contribution is 5.93. The van der Waals surface area contributed by atoms with E-state index in [2.05, 4.69) is 29.1 Å². The smallest absolute Gasteiger partial charge is 0.303 e. The zero-order valence-electron chi connectivity index (χ0n) is 11.9. The van der Waals surface area contributed by atoms with Crippen molar-refractivity contribution in [1.29, 1.82) is 0 Å². The zero-order chi connectivity index (χ0) is 15.0. The van der Waals surface area contributed by atoms with E-state index >= 15 is 0 Å². The number of rotatable bonds is 8. The minimum Gasteiger partial charge on any atom is -0.481 e. The summed E-state index contributed by atoms with van der Waals surface area (Å²) in [5, 5.41) is 11.5. The van der Waals surface area contributed by atoms with Crippen LogP contribution in [0.25, 0.3) is 0 Å². The minimum absolute atomic E-state index is 0.170. The van der Waals surface area contributed by atoms with Gasteiger partial charge in [-0.25, -0.2) is 9.97 Å². The van der Waals surface area contributed by atoms with Crippen molar-refractivity contribution in [3.63, 3.8) is 0 Å². The normalized spacial score (nSPS) is 12.2. The lowest BCUT2D eigenvalue weighted by Crippen LogP contribution is -2.27. The van der Waals surface area contributed by atoms with E-state index in [9.17, 15) is 9.59 Å². The summed E-state index contributed by atoms with van der Waals surface area (Å²) in [5.41, 5.74) is 0.430. The van der Waals surface area contributed by atoms with E-state index < -0.39 is 5.97 Å². The summed E-state index contributed by atoms with van der Waals surface area (Å²) < 4.78 is 0. The second-order valence-corrected chi connectivity index (χ2v) is 5.11. The molecule has 0 aliphatic heterocycles. The van der Waals surface area contributed by atoms with Crippen LogP contribution in [0.2, 0.25) is 0 Å². The molecule has 0 saturated heterocycles. The van der Waals surface area contributed by atoms with Crippen molar-refractivity contribution >= 4 is 11.9 Å². The predicted molar refractivity (Wildman–Crippen MR) is 74.2 cm³/mol. The van der Waals surface area contributed by atoms with Crippen molar-refractivity contribution in [2.75, 3.05) is 6.54 Å². The summed E-state index contributed by atoms with van der Waals surface area (Å²) in [6.45, 7) is 4.66. The number of nitrogens with zero attached hydrogens (tertiary/aromatic N) is 2. The summed E-state index contributed by atoms with van der Waals surface area (Å²) in [4.78, 5) is 30.0. The van der Waals surface area contributed by atoms with Gasteiger partial charge in [0.15, 0.2) is 0 Å². The van der Waals surface area contributed by atoms with Crippen LogP contribution in [0, 0.1) is 11.8 Å². The maximum Gasteiger partial charge on any atom is 0.303 e. The quantitative estimate of drug-likeness (QED) is 0.756. The Morgan fingerprint density at radius 2 is 1.90 bits per heavy atom. The molecular weight excluding hydrogens is 258 g/mol. The molecule has 0 aliphatic carbocycles. The number of aliphatic carboxylic acids is 1. The Kier molecular flexibility index (Phi) is 6.63. The van der Waals surface area contributed by atoms with Gasteiger partial charge in [0.05, 0.1) is 5.56 Å². The summed E-state index contributed by atoms with van der Waals surface area (Å²) in [5.74, 6) is -0.294. The third kappa shape index (κ3) is 5.77. The predicted octanol–water partition coefficient (Wildman–Crippen LogP) is 1.73. The van der Waals surface area contributed by atoms with Crippen molar-refractivity contribution in [1.82, 2.24) is 15.3 Å². The first-order valence-corrected chi connectivity index (χ1v) is 6.75. The molecule has 2 N–H and O–H groups in total. The van der Waals surface area contributed by atoms with Crippen LogP contribution in [0.3, 0.4) is 0 Å². The van der Waals surface area contributed by atoms with Crippen LogP contribution >= 0.6 is 0 Å². The second-order valence-electron chi connectivity index (χ2n) is 5.11. The van der Waals surface area contributed by atoms with Gasteiger partial charge >= 0.3 is 5.97 Å². The third-order valence-electron chi connectivity index (χ3n) is 3.30. The summed E-state index contributed by atoms with van der Waals surface area (Å²) in [7, 11) is 0. The molecule has 1 heterocycles. The molecule has 1 aromatic rings. The number of carboxylic acid groups (broad SMARTS) is 1. The molecule has 0 radical (unpaired) electrons. The van der Waals surface area contributed by atoms with E-state index in [0.717, 1.165) is 6.42 Å². The largest absolute Gasteiger partial charge is 0.481 e. The Balaban J connectivity index is 2.37. The van der Waals surface area contributed by atoms with Crippen LogP contribution in [0.15, 0.2) is 18.7 Å². The fourth-order valence-corrected chi connectivity index (χ4v) is 2.01. The Morgan fingerprint density at radius 3 is 2.45 bits per heavy atom. The van der Waals surface area contributed by atoms with Crippen molar-refractivity contribution < 1.29 is 14.7 Å². The van der Waals surface area contributed by atoms with Crippen LogP contribution in [0.5, 0.6) is 0 Å². The van der Waals surface area contributed by atoms with E-state index in [1.54, 1.807) is 0 Å². The second kappa shape index (κ2) is 8.24. The molecule has 6 nitrogen and oxygen atoms in total. The number of nitrogens with one attached hydrogen (secondary N) is 1. The highest BCUT2D eigenvalue weighted by atomic mass is 16.4. The Bertz CT molecular complexity index is 435. The van der Waals surface area contributed by atoms with E-state index in [4.69, 9.17) is 5.11 Å². The highest BCUT2D eigenvalue weighted by Crippen LogP contribution is 2.20. The first-order valence-electron chi connectivity index (χ1n) is 6.75. The zero-order valence-corrected chi connectivity index (χ0v) is 11.9. The number of hydrogen-bond donors (Lipinski definition) is 2. The van der Waals surface area contributed by atoms with Gasteiger partial charge in [0.2, 0.25) is 0 Å². The first kappa shape index (κ1) is 16.1. The van der Waals surface area contributed by atoms with Crippen LogP contribution in [-0.2, 0) is 4.79 Å². The van der Waals surface area contributed by atoms with Crippen molar-refractivity contribution in [2.24, 2.45) is 11.8 Å². The van der Waals surface area contributed by atoms with Crippen LogP contribution in [0.4, 0.5) is 0 Å². The molecule has 0 bridgehead atoms. The maximum atomic E-state index is 11.8. The van der Waals surface area contributed by atoms with Gasteiger partial charge < -0.3 is 10.4 Å². The molecule has 1 atom stereocenters. The number of carboxylic acids is 1. The number of amides is 1. The standard InChI is InChI=1S/C14H21N3O3/c1-10(2)11(3-4-13(18)19)5-6-17-14(20)12-7-15-9-16-8-12/h7-11H,3-6H2,1-2H3,(H,17,20)(H,18,19). The lowest BCUT2D eigenvalue weighted by atomic mass is 9.88. The van der Waals surface area contributed by atoms with Gasteiger partial charge in [-0.05, 0) is 24.7 Å². The first-order chi connectivity index (χ1) is 9.50. The summed E-state index contributed by atoms with van der Waals surface area (Å²) in [6, 6.07) is 0. The molecule has 0 fully saturated rings. The lowest BCUT2D eigenvalue weighted by molar-refractivity contribution is -0.137. The molecule has 0 aliphatic rings. The van der Waals surface area contributed by atoms with Gasteiger partial charge in [0.25, 0.3) is 5.91 Å². The van der Waals surface area contributed by atoms with E-state index in [0.29, 0.717) is 30.4 Å². The molecule has 0 spiro atoms. The van der Waals surface area contributed by atoms with E-state index in [-0.39, 0.29) is 12.3 Å². The molecule has 1 aromatic heterocycles. The molecule has 0 saturated carbocycles. The molecule has 1 amide bonds. The van der Waals surface area contributed by atoms with Gasteiger partial charge in [-0.3, -0.25) is 9.59 Å². The lowest BCUT2D eigenvalue weighted by Gasteiger charge is -2.20. The number of hydrogen-bond acceptors (Lipinski definition) is 4. The monoisotopic (exact) mass is 279 g/mol. The van der Waals surface area contributed by atoms with Crippen LogP contribution < -0.4 is 5.32 Å². The van der Waals surface area contributed by atoms with Gasteiger partial charge in [-0.15, -0.1) is 0 Å². The Labute approximate surface area is 118 Å². The summed E-state index contributed by atoms with van der Waals surface area (Å²) in [6.07, 6.45) is 5.88. The van der Waals surface area contributed by atoms with Gasteiger partial charge in [-0.1, -0.05) is 13.8 Å². The van der Waals surface area contributed by atoms with Crippen LogP contribution in [-0.4, -0.2) is 33.5 Å². The molecule has 1 rings (SSSR count). The Hall–Kier alpha value is -1.98. The van der Waals surface area contributed by atoms with E-state index in [1.807, 2.05) is 0 Å². The van der Waals surface area contributed by atoms with Gasteiger partial charge in [0, 0.05) is 25.4 Å². The maximum absolute atomic E-state index is 11.8. The average molecular weight is 279 g/mol.